The van der Waals surface area contributed by atoms with Crippen molar-refractivity contribution in [2.75, 3.05) is 5.32 Å². The van der Waals surface area contributed by atoms with Crippen LogP contribution < -0.4 is 10.0 Å². The van der Waals surface area contributed by atoms with E-state index in [0.717, 1.165) is 37.8 Å². The number of aromatic nitrogens is 3. The highest BCUT2D eigenvalue weighted by Gasteiger charge is 2.24. The third kappa shape index (κ3) is 4.24. The fourth-order valence-electron chi connectivity index (χ4n) is 4.14. The summed E-state index contributed by atoms with van der Waals surface area (Å²) in [6.45, 7) is 0. The Hall–Kier alpha value is -3.43. The summed E-state index contributed by atoms with van der Waals surface area (Å²) in [5, 5.41) is 4.39. The highest BCUT2D eigenvalue weighted by Crippen LogP contribution is 2.35. The molecule has 1 aliphatic rings. The Morgan fingerprint density at radius 1 is 1.06 bits per heavy atom. The maximum Gasteiger partial charge on any atom is 0.231 e. The molecule has 3 heterocycles. The molecule has 3 N–H and O–H groups in total. The molecule has 6 rings (SSSR count). The van der Waals surface area contributed by atoms with Crippen molar-refractivity contribution in [1.29, 1.82) is 0 Å². The molecule has 170 valence electrons. The van der Waals surface area contributed by atoms with Gasteiger partial charge in [0.25, 0.3) is 0 Å². The Morgan fingerprint density at radius 2 is 1.91 bits per heavy atom. The van der Waals surface area contributed by atoms with Gasteiger partial charge in [-0.2, -0.15) is 0 Å². The lowest BCUT2D eigenvalue weighted by molar-refractivity contribution is -0.118. The quantitative estimate of drug-likeness (QED) is 0.258. The first-order valence-electron chi connectivity index (χ1n) is 10.9. The Kier molecular flexibility index (Phi) is 5.43. The molecule has 2 aromatic heterocycles. The second-order valence-electron chi connectivity index (χ2n) is 8.25. The third-order valence-corrected chi connectivity index (χ3v) is 7.90. The van der Waals surface area contributed by atoms with Gasteiger partial charge in [-0.05, 0) is 53.8 Å². The molecule has 1 aliphatic heterocycles. The summed E-state index contributed by atoms with van der Waals surface area (Å²) in [6, 6.07) is 20.8. The predicted molar refractivity (Wildman–Crippen MR) is 135 cm³/mol. The van der Waals surface area contributed by atoms with Crippen molar-refractivity contribution in [2.45, 2.75) is 24.1 Å². The van der Waals surface area contributed by atoms with E-state index in [2.05, 4.69) is 44.3 Å². The Labute approximate surface area is 203 Å². The van der Waals surface area contributed by atoms with Crippen LogP contribution in [-0.4, -0.2) is 20.9 Å². The number of fused-ring (bicyclic) bond motifs is 2. The maximum absolute atomic E-state index is 13.7. The molecule has 1 saturated heterocycles. The largest absolute Gasteiger partial charge is 0.351 e. The summed E-state index contributed by atoms with van der Waals surface area (Å²) in [5.41, 5.74) is 4.78. The minimum atomic E-state index is -0.296. The van der Waals surface area contributed by atoms with Crippen molar-refractivity contribution >= 4 is 55.6 Å². The topological polar surface area (TPSA) is 82.7 Å². The molecule has 0 unspecified atom stereocenters. The van der Waals surface area contributed by atoms with E-state index in [1.54, 1.807) is 6.07 Å². The molecular weight excluding hydrogens is 469 g/mol. The number of carbonyl (C=O) groups is 1. The van der Waals surface area contributed by atoms with Crippen LogP contribution in [0.5, 0.6) is 0 Å². The van der Waals surface area contributed by atoms with Crippen molar-refractivity contribution < 1.29 is 9.18 Å². The second kappa shape index (κ2) is 8.73. The van der Waals surface area contributed by atoms with Gasteiger partial charge in [0.15, 0.2) is 5.13 Å². The fourth-order valence-corrected chi connectivity index (χ4v) is 5.93. The average Bonchev–Trinajstić information content (AvgIpc) is 3.56. The highest BCUT2D eigenvalue weighted by molar-refractivity contribution is 7.98. The molecule has 0 bridgehead atoms. The number of hydrogen-bond donors (Lipinski definition) is 3. The van der Waals surface area contributed by atoms with E-state index in [1.807, 2.05) is 24.3 Å². The number of hydrogen-bond acceptors (Lipinski definition) is 6. The first-order valence-corrected chi connectivity index (χ1v) is 12.6. The molecule has 9 heteroatoms. The number of para-hydroxylation sites is 2. The van der Waals surface area contributed by atoms with Crippen molar-refractivity contribution in [1.82, 2.24) is 19.7 Å². The van der Waals surface area contributed by atoms with Gasteiger partial charge >= 0.3 is 0 Å². The Bertz CT molecular complexity index is 1460. The number of amides is 1. The number of nitrogens with one attached hydrogen (secondary N) is 3. The average molecular weight is 490 g/mol. The van der Waals surface area contributed by atoms with Crippen molar-refractivity contribution in [3.05, 3.63) is 89.5 Å². The zero-order valence-electron chi connectivity index (χ0n) is 17.9. The van der Waals surface area contributed by atoms with E-state index in [9.17, 15) is 9.18 Å². The van der Waals surface area contributed by atoms with E-state index in [-0.39, 0.29) is 23.0 Å². The Morgan fingerprint density at radius 3 is 2.71 bits per heavy atom. The molecule has 2 atom stereocenters. The molecule has 1 amide bonds. The van der Waals surface area contributed by atoms with Crippen molar-refractivity contribution in [3.63, 3.8) is 0 Å². The molecule has 0 spiro atoms. The van der Waals surface area contributed by atoms with Crippen molar-refractivity contribution in [3.8, 4) is 0 Å². The molecule has 0 saturated carbocycles. The highest BCUT2D eigenvalue weighted by atomic mass is 32.2. The SMILES string of the molecule is O=C1C[C@@H](c2ccc(C[C@H](Nc3nc4cc(F)ccc4s3)c3nc4ccccc4[nH]3)cc2)SN1. The molecule has 6 nitrogen and oxygen atoms in total. The van der Waals surface area contributed by atoms with E-state index in [1.165, 1.54) is 35.4 Å². The lowest BCUT2D eigenvalue weighted by atomic mass is 10.0. The number of halogens is 1. The monoisotopic (exact) mass is 489 g/mol. The summed E-state index contributed by atoms with van der Waals surface area (Å²) >= 11 is 2.96. The van der Waals surface area contributed by atoms with Crippen LogP contribution >= 0.6 is 23.3 Å². The molecule has 3 aromatic carbocycles. The van der Waals surface area contributed by atoms with Crippen LogP contribution in [0.4, 0.5) is 9.52 Å². The first-order chi connectivity index (χ1) is 16.6. The lowest BCUT2D eigenvalue weighted by Gasteiger charge is -2.17. The van der Waals surface area contributed by atoms with E-state index in [0.29, 0.717) is 18.4 Å². The molecule has 34 heavy (non-hydrogen) atoms. The van der Waals surface area contributed by atoms with Gasteiger partial charge in [0.05, 0.1) is 32.5 Å². The number of carbonyl (C=O) groups excluding carboxylic acids is 1. The minimum absolute atomic E-state index is 0.0731. The minimum Gasteiger partial charge on any atom is -0.351 e. The zero-order chi connectivity index (χ0) is 23.1. The van der Waals surface area contributed by atoms with E-state index < -0.39 is 0 Å². The maximum atomic E-state index is 13.7. The van der Waals surface area contributed by atoms with Crippen LogP contribution in [0.1, 0.15) is 34.7 Å². The molecule has 0 radical (unpaired) electrons. The van der Waals surface area contributed by atoms with E-state index >= 15 is 0 Å². The number of H-pyrrole nitrogens is 1. The van der Waals surface area contributed by atoms with E-state index in [4.69, 9.17) is 4.98 Å². The Balaban J connectivity index is 1.30. The van der Waals surface area contributed by atoms with Crippen LogP contribution in [-0.2, 0) is 11.2 Å². The molecule has 0 aliphatic carbocycles. The van der Waals surface area contributed by atoms with Gasteiger partial charge < -0.3 is 10.3 Å². The van der Waals surface area contributed by atoms with Crippen LogP contribution in [0.2, 0.25) is 0 Å². The van der Waals surface area contributed by atoms with Gasteiger partial charge in [0, 0.05) is 12.5 Å². The van der Waals surface area contributed by atoms with Gasteiger partial charge in [0.2, 0.25) is 5.91 Å². The standard InChI is InChI=1S/C25H20FN5OS2/c26-16-9-10-21-19(12-16)29-25(33-21)30-20(24-27-17-3-1-2-4-18(17)28-24)11-14-5-7-15(8-6-14)22-13-23(32)31-34-22/h1-10,12,20,22H,11,13H2,(H,27,28)(H,29,30)(H,31,32)/t20-,22-/m0/s1. The van der Waals surface area contributed by atoms with Crippen molar-refractivity contribution in [2.24, 2.45) is 0 Å². The van der Waals surface area contributed by atoms with Gasteiger partial charge in [0.1, 0.15) is 11.6 Å². The number of imidazole rings is 1. The summed E-state index contributed by atoms with van der Waals surface area (Å²) in [7, 11) is 0. The third-order valence-electron chi connectivity index (χ3n) is 5.86. The zero-order valence-corrected chi connectivity index (χ0v) is 19.5. The fraction of sp³-hybridized carbons (Fsp3) is 0.160. The number of rotatable bonds is 6. The van der Waals surface area contributed by atoms with Crippen LogP contribution in [0, 0.1) is 5.82 Å². The van der Waals surface area contributed by atoms with Gasteiger partial charge in [-0.1, -0.05) is 47.7 Å². The van der Waals surface area contributed by atoms with Crippen LogP contribution in [0.3, 0.4) is 0 Å². The summed E-state index contributed by atoms with van der Waals surface area (Å²) in [6.07, 6.45) is 1.19. The second-order valence-corrected chi connectivity index (χ2v) is 10.3. The number of thiazole rings is 1. The van der Waals surface area contributed by atoms with Crippen LogP contribution in [0.25, 0.3) is 21.3 Å². The molecule has 1 fully saturated rings. The van der Waals surface area contributed by atoms with Gasteiger partial charge in [-0.25, -0.2) is 14.4 Å². The summed E-state index contributed by atoms with van der Waals surface area (Å²) < 4.78 is 17.4. The lowest BCUT2D eigenvalue weighted by Crippen LogP contribution is -2.15. The molecule has 5 aromatic rings. The van der Waals surface area contributed by atoms with Crippen LogP contribution in [0.15, 0.2) is 66.7 Å². The number of nitrogens with zero attached hydrogens (tertiary/aromatic N) is 2. The molecular formula is C25H20FN5OS2. The van der Waals surface area contributed by atoms with Gasteiger partial charge in [-0.15, -0.1) is 0 Å². The summed E-state index contributed by atoms with van der Waals surface area (Å²) in [4.78, 5) is 24.4. The normalized spacial score (nSPS) is 16.7. The predicted octanol–water partition coefficient (Wildman–Crippen LogP) is 5.92. The van der Waals surface area contributed by atoms with Gasteiger partial charge in [-0.3, -0.25) is 9.52 Å². The summed E-state index contributed by atoms with van der Waals surface area (Å²) in [5.74, 6) is 0.594. The first kappa shape index (κ1) is 21.1. The smallest absolute Gasteiger partial charge is 0.231 e. The number of benzene rings is 3. The number of aromatic amines is 1. The number of anilines is 1.